The molecule has 29 heavy (non-hydrogen) atoms. The number of rotatable bonds is 10. The molecule has 0 unspecified atom stereocenters. The zero-order valence-corrected chi connectivity index (χ0v) is 18.8. The van der Waals surface area contributed by atoms with E-state index in [2.05, 4.69) is 24.8 Å². The quantitative estimate of drug-likeness (QED) is 0.434. The normalized spacial score (nSPS) is 11.2. The summed E-state index contributed by atoms with van der Waals surface area (Å²) in [6.45, 7) is 7.71. The first-order valence-corrected chi connectivity index (χ1v) is 11.6. The van der Waals surface area contributed by atoms with Crippen molar-refractivity contribution in [2.75, 3.05) is 43.9 Å². The van der Waals surface area contributed by atoms with Crippen molar-refractivity contribution in [2.45, 2.75) is 18.7 Å². The summed E-state index contributed by atoms with van der Waals surface area (Å²) in [5.74, 6) is 1.27. The number of likely N-dealkylation sites (N-methyl/N-ethyl adjacent to an activating group) is 1. The zero-order valence-electron chi connectivity index (χ0n) is 17.1. The number of para-hydroxylation sites is 1. The lowest BCUT2D eigenvalue weighted by molar-refractivity contribution is -0.116. The largest absolute Gasteiger partial charge is 0.497 e. The van der Waals surface area contributed by atoms with Crippen LogP contribution in [0, 0.1) is 0 Å². The monoisotopic (exact) mass is 429 g/mol. The number of thioether (sulfide) groups is 1. The second-order valence-electron chi connectivity index (χ2n) is 6.50. The number of fused-ring (bicyclic) bond motifs is 1. The summed E-state index contributed by atoms with van der Waals surface area (Å²) in [5, 5.41) is 0.777. The highest BCUT2D eigenvalue weighted by atomic mass is 32.2. The van der Waals surface area contributed by atoms with Crippen molar-refractivity contribution >= 4 is 44.4 Å². The molecule has 3 rings (SSSR count). The van der Waals surface area contributed by atoms with Crippen LogP contribution in [-0.4, -0.2) is 54.8 Å². The summed E-state index contributed by atoms with van der Waals surface area (Å²) in [7, 11) is 1.65. The molecule has 0 aliphatic rings. The van der Waals surface area contributed by atoms with Gasteiger partial charge in [0.25, 0.3) is 0 Å². The fourth-order valence-electron chi connectivity index (χ4n) is 2.98. The van der Waals surface area contributed by atoms with Gasteiger partial charge in [-0.3, -0.25) is 9.69 Å². The molecule has 1 heterocycles. The number of carbonyl (C=O) groups excluding carboxylic acids is 1. The predicted molar refractivity (Wildman–Crippen MR) is 123 cm³/mol. The molecule has 2 aromatic carbocycles. The molecule has 7 heteroatoms. The van der Waals surface area contributed by atoms with Gasteiger partial charge in [-0.25, -0.2) is 4.98 Å². The van der Waals surface area contributed by atoms with Crippen LogP contribution in [0.15, 0.2) is 53.4 Å². The van der Waals surface area contributed by atoms with Crippen LogP contribution in [0.25, 0.3) is 10.2 Å². The highest BCUT2D eigenvalue weighted by Crippen LogP contribution is 2.30. The summed E-state index contributed by atoms with van der Waals surface area (Å²) in [6, 6.07) is 15.8. The number of hydrogen-bond donors (Lipinski definition) is 0. The molecule has 1 amide bonds. The molecule has 0 radical (unpaired) electrons. The maximum Gasteiger partial charge on any atom is 0.239 e. The SMILES string of the molecule is CCN(CC)CCN(C(=O)CSc1ccc(OC)cc1)c1nc2ccccc2s1. The number of hydrogen-bond acceptors (Lipinski definition) is 6. The Kier molecular flexibility index (Phi) is 7.91. The van der Waals surface area contributed by atoms with E-state index in [1.807, 2.05) is 47.4 Å². The Balaban J connectivity index is 1.74. The lowest BCUT2D eigenvalue weighted by Crippen LogP contribution is -2.39. The van der Waals surface area contributed by atoms with Gasteiger partial charge in [-0.2, -0.15) is 0 Å². The van der Waals surface area contributed by atoms with Gasteiger partial charge in [0.2, 0.25) is 5.91 Å². The molecule has 0 saturated carbocycles. The van der Waals surface area contributed by atoms with Crippen LogP contribution in [0.1, 0.15) is 13.8 Å². The lowest BCUT2D eigenvalue weighted by atomic mass is 10.3. The van der Waals surface area contributed by atoms with Crippen LogP contribution in [0.4, 0.5) is 5.13 Å². The molecule has 0 aliphatic carbocycles. The van der Waals surface area contributed by atoms with Gasteiger partial charge in [-0.15, -0.1) is 11.8 Å². The highest BCUT2D eigenvalue weighted by Gasteiger charge is 2.20. The Labute approximate surface area is 180 Å². The summed E-state index contributed by atoms with van der Waals surface area (Å²) in [5.41, 5.74) is 0.941. The summed E-state index contributed by atoms with van der Waals surface area (Å²) in [6.07, 6.45) is 0. The molecule has 5 nitrogen and oxygen atoms in total. The molecule has 0 saturated heterocycles. The first-order valence-electron chi connectivity index (χ1n) is 9.79. The van der Waals surface area contributed by atoms with Gasteiger partial charge in [0, 0.05) is 18.0 Å². The van der Waals surface area contributed by atoms with E-state index in [1.54, 1.807) is 18.4 Å². The zero-order chi connectivity index (χ0) is 20.6. The van der Waals surface area contributed by atoms with Crippen LogP contribution in [0.3, 0.4) is 0 Å². The maximum atomic E-state index is 13.1. The van der Waals surface area contributed by atoms with E-state index in [0.29, 0.717) is 12.3 Å². The van der Waals surface area contributed by atoms with Gasteiger partial charge in [0.05, 0.1) is 23.1 Å². The smallest absolute Gasteiger partial charge is 0.239 e. The van der Waals surface area contributed by atoms with Gasteiger partial charge in [0.1, 0.15) is 5.75 Å². The van der Waals surface area contributed by atoms with Gasteiger partial charge in [-0.05, 0) is 49.5 Å². The van der Waals surface area contributed by atoms with Gasteiger partial charge in [0.15, 0.2) is 5.13 Å². The van der Waals surface area contributed by atoms with Crippen LogP contribution in [-0.2, 0) is 4.79 Å². The number of aromatic nitrogens is 1. The van der Waals surface area contributed by atoms with Crippen molar-refractivity contribution in [1.82, 2.24) is 9.88 Å². The Bertz CT molecular complexity index is 890. The molecule has 0 N–H and O–H groups in total. The molecule has 3 aromatic rings. The molecular formula is C22H27N3O2S2. The Morgan fingerprint density at radius 2 is 1.79 bits per heavy atom. The van der Waals surface area contributed by atoms with Gasteiger partial charge >= 0.3 is 0 Å². The minimum atomic E-state index is 0.0806. The second kappa shape index (κ2) is 10.6. The van der Waals surface area contributed by atoms with E-state index in [4.69, 9.17) is 9.72 Å². The fraction of sp³-hybridized carbons (Fsp3) is 0.364. The molecule has 0 atom stereocenters. The van der Waals surface area contributed by atoms with Crippen LogP contribution in [0.2, 0.25) is 0 Å². The number of amides is 1. The van der Waals surface area contributed by atoms with Crippen LogP contribution < -0.4 is 9.64 Å². The Hall–Kier alpha value is -2.09. The lowest BCUT2D eigenvalue weighted by Gasteiger charge is -2.24. The molecule has 154 valence electrons. The van der Waals surface area contributed by atoms with Crippen molar-refractivity contribution in [2.24, 2.45) is 0 Å². The van der Waals surface area contributed by atoms with E-state index >= 15 is 0 Å². The third-order valence-corrected chi connectivity index (χ3v) is 6.83. The number of carbonyl (C=O) groups is 1. The average Bonchev–Trinajstić information content (AvgIpc) is 3.19. The first-order chi connectivity index (χ1) is 14.1. The van der Waals surface area contributed by atoms with E-state index < -0.39 is 0 Å². The van der Waals surface area contributed by atoms with E-state index in [-0.39, 0.29) is 5.91 Å². The van der Waals surface area contributed by atoms with Gasteiger partial charge < -0.3 is 9.64 Å². The third-order valence-electron chi connectivity index (χ3n) is 4.77. The molecule has 0 bridgehead atoms. The summed E-state index contributed by atoms with van der Waals surface area (Å²) >= 11 is 3.12. The number of methoxy groups -OCH3 is 1. The van der Waals surface area contributed by atoms with Crippen molar-refractivity contribution < 1.29 is 9.53 Å². The topological polar surface area (TPSA) is 45.7 Å². The Morgan fingerprint density at radius 1 is 1.07 bits per heavy atom. The standard InChI is InChI=1S/C22H27N3O2S2/c1-4-24(5-2)14-15-25(22-23-19-8-6-7-9-20(19)29-22)21(26)16-28-18-12-10-17(27-3)11-13-18/h6-13H,4-5,14-16H2,1-3H3. The predicted octanol–water partition coefficient (Wildman–Crippen LogP) is 4.77. The number of ether oxygens (including phenoxy) is 1. The molecule has 0 spiro atoms. The van der Waals surface area contributed by atoms with Crippen molar-refractivity contribution in [3.63, 3.8) is 0 Å². The van der Waals surface area contributed by atoms with Crippen LogP contribution >= 0.6 is 23.1 Å². The summed E-state index contributed by atoms with van der Waals surface area (Å²) in [4.78, 5) is 23.1. The Morgan fingerprint density at radius 3 is 2.45 bits per heavy atom. The van der Waals surface area contributed by atoms with Crippen molar-refractivity contribution in [3.05, 3.63) is 48.5 Å². The molecule has 0 fully saturated rings. The third kappa shape index (κ3) is 5.72. The highest BCUT2D eigenvalue weighted by molar-refractivity contribution is 8.00. The number of benzene rings is 2. The van der Waals surface area contributed by atoms with Crippen molar-refractivity contribution in [3.8, 4) is 5.75 Å². The van der Waals surface area contributed by atoms with E-state index in [9.17, 15) is 4.79 Å². The van der Waals surface area contributed by atoms with E-state index in [1.165, 1.54) is 11.8 Å². The number of thiazole rings is 1. The molecule has 0 aliphatic heterocycles. The minimum absolute atomic E-state index is 0.0806. The minimum Gasteiger partial charge on any atom is -0.497 e. The maximum absolute atomic E-state index is 13.1. The second-order valence-corrected chi connectivity index (χ2v) is 8.56. The van der Waals surface area contributed by atoms with Crippen LogP contribution in [0.5, 0.6) is 5.75 Å². The number of nitrogens with zero attached hydrogens (tertiary/aromatic N) is 3. The average molecular weight is 430 g/mol. The molecule has 1 aromatic heterocycles. The first kappa shape index (κ1) is 21.6. The van der Waals surface area contributed by atoms with Gasteiger partial charge in [-0.1, -0.05) is 37.3 Å². The number of anilines is 1. The van der Waals surface area contributed by atoms with E-state index in [0.717, 1.165) is 45.6 Å². The summed E-state index contributed by atoms with van der Waals surface area (Å²) < 4.78 is 6.30. The molecular weight excluding hydrogens is 402 g/mol. The van der Waals surface area contributed by atoms with Crippen molar-refractivity contribution in [1.29, 1.82) is 0 Å². The fourth-order valence-corrected chi connectivity index (χ4v) is 4.76.